The molecular formula is C37H53F3N4O5. The first-order chi connectivity index (χ1) is 23.1. The Hall–Kier alpha value is -3.58. The van der Waals surface area contributed by atoms with Crippen LogP contribution in [-0.2, 0) is 20.8 Å². The van der Waals surface area contributed by atoms with Gasteiger partial charge in [-0.05, 0) is 45.2 Å². The van der Waals surface area contributed by atoms with Crippen LogP contribution in [0.4, 0.5) is 13.2 Å². The third kappa shape index (κ3) is 15.2. The van der Waals surface area contributed by atoms with E-state index in [1.54, 1.807) is 26.0 Å². The summed E-state index contributed by atoms with van der Waals surface area (Å²) in [7, 11) is 2.79. The molecule has 272 valence electrons. The Labute approximate surface area is 289 Å². The monoisotopic (exact) mass is 690 g/mol. The smallest absolute Gasteiger partial charge is 0.389 e. The van der Waals surface area contributed by atoms with Crippen LogP contribution >= 0.6 is 0 Å². The molecule has 0 spiro atoms. The van der Waals surface area contributed by atoms with E-state index in [1.165, 1.54) is 19.0 Å². The lowest BCUT2D eigenvalue weighted by Crippen LogP contribution is -2.57. The highest BCUT2D eigenvalue weighted by Crippen LogP contribution is 2.29. The first-order valence-electron chi connectivity index (χ1n) is 17.0. The number of nitrogens with zero attached hydrogens (tertiary/aromatic N) is 2. The molecule has 0 aliphatic heterocycles. The van der Waals surface area contributed by atoms with Gasteiger partial charge in [-0.2, -0.15) is 13.2 Å². The number of carbonyl (C=O) groups excluding carboxylic acids is 3. The molecule has 2 rings (SSSR count). The van der Waals surface area contributed by atoms with Crippen LogP contribution in [0.15, 0.2) is 30.3 Å². The van der Waals surface area contributed by atoms with Crippen LogP contribution in [0.1, 0.15) is 70.8 Å². The van der Waals surface area contributed by atoms with Crippen molar-refractivity contribution in [2.24, 2.45) is 17.8 Å². The fourth-order valence-corrected chi connectivity index (χ4v) is 6.20. The molecule has 0 aromatic heterocycles. The van der Waals surface area contributed by atoms with E-state index < -0.39 is 66.6 Å². The van der Waals surface area contributed by atoms with Crippen LogP contribution in [0.5, 0.6) is 0 Å². The summed E-state index contributed by atoms with van der Waals surface area (Å²) in [5.41, 5.74) is 0.781. The lowest BCUT2D eigenvalue weighted by Gasteiger charge is -2.33. The van der Waals surface area contributed by atoms with Crippen LogP contribution in [0, 0.1) is 41.9 Å². The van der Waals surface area contributed by atoms with E-state index in [9.17, 15) is 37.8 Å². The van der Waals surface area contributed by atoms with Gasteiger partial charge in [-0.15, -0.1) is 18.3 Å². The van der Waals surface area contributed by atoms with E-state index in [1.807, 2.05) is 18.2 Å². The molecule has 1 aliphatic carbocycles. The third-order valence-electron chi connectivity index (χ3n) is 9.03. The third-order valence-corrected chi connectivity index (χ3v) is 9.03. The van der Waals surface area contributed by atoms with Crippen LogP contribution in [-0.4, -0.2) is 102 Å². The van der Waals surface area contributed by atoms with Gasteiger partial charge in [-0.3, -0.25) is 19.3 Å². The van der Waals surface area contributed by atoms with Crippen molar-refractivity contribution in [2.75, 3.05) is 33.7 Å². The van der Waals surface area contributed by atoms with Crippen LogP contribution in [0.25, 0.3) is 0 Å². The SMILES string of the molecule is C#CC[C@H](O)[C@H](O)[C@H](CC1CCCCC1)NC(=O)[C@@H](NC(=O)[C@@H](CC(=O)N(C)CCN(C)CC(F)(F)F)Cc1ccccc1)C(C)C#CC. The number of amides is 3. The number of rotatable bonds is 18. The Morgan fingerprint density at radius 2 is 1.67 bits per heavy atom. The number of aliphatic hydroxyl groups excluding tert-OH is 2. The highest BCUT2D eigenvalue weighted by molar-refractivity contribution is 5.91. The second-order valence-corrected chi connectivity index (χ2v) is 13.2. The molecule has 1 saturated carbocycles. The fraction of sp³-hybridized carbons (Fsp3) is 0.649. The predicted octanol–water partition coefficient (Wildman–Crippen LogP) is 3.53. The number of hydrogen-bond donors (Lipinski definition) is 4. The molecule has 1 aromatic rings. The van der Waals surface area contributed by atoms with E-state index in [0.29, 0.717) is 6.42 Å². The number of halogens is 3. The molecular weight excluding hydrogens is 637 g/mol. The maximum atomic E-state index is 13.9. The van der Waals surface area contributed by atoms with Crippen molar-refractivity contribution >= 4 is 17.7 Å². The summed E-state index contributed by atoms with van der Waals surface area (Å²) in [4.78, 5) is 43.5. The molecule has 0 heterocycles. The Morgan fingerprint density at radius 1 is 1.02 bits per heavy atom. The summed E-state index contributed by atoms with van der Waals surface area (Å²) in [5.74, 6) is 5.12. The van der Waals surface area contributed by atoms with Crippen molar-refractivity contribution < 1.29 is 37.8 Å². The molecule has 0 saturated heterocycles. The summed E-state index contributed by atoms with van der Waals surface area (Å²) in [5, 5.41) is 27.3. The Morgan fingerprint density at radius 3 is 2.27 bits per heavy atom. The van der Waals surface area contributed by atoms with Gasteiger partial charge >= 0.3 is 6.18 Å². The molecule has 6 atom stereocenters. The second-order valence-electron chi connectivity index (χ2n) is 13.2. The van der Waals surface area contributed by atoms with Crippen LogP contribution in [0.2, 0.25) is 0 Å². The lowest BCUT2D eigenvalue weighted by atomic mass is 9.82. The number of likely N-dealkylation sites (N-methyl/N-ethyl adjacent to an activating group) is 2. The quantitative estimate of drug-likeness (QED) is 0.175. The first-order valence-corrected chi connectivity index (χ1v) is 17.0. The van der Waals surface area contributed by atoms with Gasteiger partial charge in [0.1, 0.15) is 12.1 Å². The van der Waals surface area contributed by atoms with Gasteiger partial charge in [-0.1, -0.05) is 68.4 Å². The summed E-state index contributed by atoms with van der Waals surface area (Å²) in [6.45, 7) is 2.19. The van der Waals surface area contributed by atoms with E-state index >= 15 is 0 Å². The second kappa shape index (κ2) is 20.8. The zero-order chi connectivity index (χ0) is 36.6. The number of aliphatic hydroxyl groups is 2. The number of alkyl halides is 3. The zero-order valence-corrected chi connectivity index (χ0v) is 29.1. The van der Waals surface area contributed by atoms with E-state index in [0.717, 1.165) is 42.6 Å². The van der Waals surface area contributed by atoms with Gasteiger partial charge in [-0.25, -0.2) is 0 Å². The minimum absolute atomic E-state index is 0.0172. The molecule has 3 amide bonds. The van der Waals surface area contributed by atoms with Crippen molar-refractivity contribution in [3.63, 3.8) is 0 Å². The molecule has 0 radical (unpaired) electrons. The average molecular weight is 691 g/mol. The lowest BCUT2D eigenvalue weighted by molar-refractivity contribution is -0.144. The topological polar surface area (TPSA) is 122 Å². The molecule has 9 nitrogen and oxygen atoms in total. The number of hydrogen-bond acceptors (Lipinski definition) is 6. The maximum absolute atomic E-state index is 13.9. The fourth-order valence-electron chi connectivity index (χ4n) is 6.20. The number of carbonyl (C=O) groups is 3. The normalized spacial score (nSPS) is 17.3. The van der Waals surface area contributed by atoms with Gasteiger partial charge in [0.05, 0.1) is 24.6 Å². The van der Waals surface area contributed by atoms with Gasteiger partial charge in [0, 0.05) is 38.9 Å². The molecule has 1 aromatic carbocycles. The van der Waals surface area contributed by atoms with E-state index in [2.05, 4.69) is 28.4 Å². The van der Waals surface area contributed by atoms with E-state index in [-0.39, 0.29) is 38.3 Å². The summed E-state index contributed by atoms with van der Waals surface area (Å²) in [6.07, 6.45) is 3.74. The molecule has 1 unspecified atom stereocenters. The Bertz CT molecular complexity index is 1290. The van der Waals surface area contributed by atoms with Gasteiger partial charge in [0.15, 0.2) is 0 Å². The van der Waals surface area contributed by atoms with E-state index in [4.69, 9.17) is 6.42 Å². The molecule has 1 fully saturated rings. The highest BCUT2D eigenvalue weighted by Gasteiger charge is 2.36. The van der Waals surface area contributed by atoms with Gasteiger partial charge in [0.25, 0.3) is 0 Å². The maximum Gasteiger partial charge on any atom is 0.401 e. The number of benzene rings is 1. The number of nitrogens with one attached hydrogen (secondary N) is 2. The molecule has 0 bridgehead atoms. The minimum Gasteiger partial charge on any atom is -0.389 e. The summed E-state index contributed by atoms with van der Waals surface area (Å²) < 4.78 is 38.3. The standard InChI is InChI=1S/C37H53F3N4O5/c1-6-14-26(3)33(36(49)41-30(34(47)31(45)15-7-2)23-28-18-12-9-13-19-28)42-35(48)29(22-27-16-10-8-11-17-27)24-32(46)44(5)21-20-43(4)25-37(38,39)40/h2,8,10-11,16-17,26,28-31,33-34,45,47H,9,12-13,15,18-25H2,1,3-5H3,(H,41,49)(H,42,48)/t26?,29-,30+,31+,33+,34-/m1/s1. The molecule has 1 aliphatic rings. The first kappa shape index (κ1) is 41.6. The average Bonchev–Trinajstić information content (AvgIpc) is 3.05. The largest absolute Gasteiger partial charge is 0.401 e. The molecule has 12 heteroatoms. The minimum atomic E-state index is -4.37. The van der Waals surface area contributed by atoms with Crippen molar-refractivity contribution in [1.82, 2.24) is 20.4 Å². The zero-order valence-electron chi connectivity index (χ0n) is 29.1. The Kier molecular flexibility index (Phi) is 17.7. The van der Waals surface area contributed by atoms with Crippen LogP contribution in [0.3, 0.4) is 0 Å². The highest BCUT2D eigenvalue weighted by atomic mass is 19.4. The number of terminal acetylenes is 1. The summed E-state index contributed by atoms with van der Waals surface area (Å²) >= 11 is 0. The van der Waals surface area contributed by atoms with Crippen molar-refractivity contribution in [2.45, 2.75) is 102 Å². The molecule has 49 heavy (non-hydrogen) atoms. The van der Waals surface area contributed by atoms with Gasteiger partial charge < -0.3 is 25.7 Å². The Balaban J connectivity index is 2.28. The van der Waals surface area contributed by atoms with Crippen molar-refractivity contribution in [3.05, 3.63) is 35.9 Å². The molecule has 4 N–H and O–H groups in total. The van der Waals surface area contributed by atoms with Gasteiger partial charge in [0.2, 0.25) is 17.7 Å². The summed E-state index contributed by atoms with van der Waals surface area (Å²) in [6, 6.07) is 7.06. The van der Waals surface area contributed by atoms with Crippen molar-refractivity contribution in [3.8, 4) is 24.2 Å². The van der Waals surface area contributed by atoms with Crippen molar-refractivity contribution in [1.29, 1.82) is 0 Å². The van der Waals surface area contributed by atoms with Crippen LogP contribution < -0.4 is 10.6 Å². The predicted molar refractivity (Wildman–Crippen MR) is 183 cm³/mol.